The van der Waals surface area contributed by atoms with Gasteiger partial charge in [0, 0.05) is 36.9 Å². The van der Waals surface area contributed by atoms with E-state index in [1.165, 1.54) is 64.3 Å². The van der Waals surface area contributed by atoms with E-state index in [0.717, 1.165) is 11.2 Å². The van der Waals surface area contributed by atoms with Crippen molar-refractivity contribution in [1.29, 1.82) is 0 Å². The molecule has 8 rings (SSSR count). The molecule has 5 aromatic carbocycles. The van der Waals surface area contributed by atoms with Gasteiger partial charge in [0.2, 0.25) is 0 Å². The summed E-state index contributed by atoms with van der Waals surface area (Å²) in [6, 6.07) is 35.1. The number of rotatable bonds is 1. The van der Waals surface area contributed by atoms with Crippen molar-refractivity contribution in [2.24, 2.45) is 0 Å². The molecule has 0 unspecified atom stereocenters. The van der Waals surface area contributed by atoms with Gasteiger partial charge in [0.05, 0.1) is 0 Å². The van der Waals surface area contributed by atoms with Gasteiger partial charge in [-0.15, -0.1) is 11.3 Å². The Labute approximate surface area is 188 Å². The highest BCUT2D eigenvalue weighted by molar-refractivity contribution is 7.23. The minimum atomic E-state index is 0.939. The molecule has 1 aliphatic carbocycles. The molecule has 0 saturated heterocycles. The maximum atomic E-state index is 6.03. The van der Waals surface area contributed by atoms with Gasteiger partial charge in [-0.1, -0.05) is 66.7 Å². The summed E-state index contributed by atoms with van der Waals surface area (Å²) in [7, 11) is 0. The monoisotopic (exact) mass is 424 g/mol. The van der Waals surface area contributed by atoms with Gasteiger partial charge in [-0.25, -0.2) is 0 Å². The van der Waals surface area contributed by atoms with Crippen molar-refractivity contribution in [1.82, 2.24) is 0 Å². The fraction of sp³-hybridized carbons (Fsp3) is 0. The first-order valence-electron chi connectivity index (χ1n) is 10.9. The zero-order valence-electron chi connectivity index (χ0n) is 17.1. The Balaban J connectivity index is 1.38. The van der Waals surface area contributed by atoms with E-state index in [9.17, 15) is 0 Å². The SMILES string of the molecule is c1cc2c3c(cccc3c1)-c1c-2sc2ccc(-c3ccc4oc5ccccc5c4c3)cc12. The van der Waals surface area contributed by atoms with E-state index in [4.69, 9.17) is 4.42 Å². The molecule has 0 aliphatic heterocycles. The highest BCUT2D eigenvalue weighted by Gasteiger charge is 2.25. The van der Waals surface area contributed by atoms with Crippen LogP contribution in [-0.4, -0.2) is 0 Å². The van der Waals surface area contributed by atoms with E-state index in [-0.39, 0.29) is 0 Å². The summed E-state index contributed by atoms with van der Waals surface area (Å²) >= 11 is 1.91. The molecule has 2 aromatic heterocycles. The topological polar surface area (TPSA) is 13.1 Å². The van der Waals surface area contributed by atoms with Crippen molar-refractivity contribution in [3.05, 3.63) is 97.1 Å². The Bertz CT molecular complexity index is 1880. The summed E-state index contributed by atoms with van der Waals surface area (Å²) in [5.74, 6) is 0. The largest absolute Gasteiger partial charge is 0.456 e. The fourth-order valence-corrected chi connectivity index (χ4v) is 6.61. The predicted octanol–water partition coefficient (Wildman–Crippen LogP) is 9.27. The van der Waals surface area contributed by atoms with Crippen LogP contribution in [0.1, 0.15) is 0 Å². The first-order chi connectivity index (χ1) is 15.8. The average Bonchev–Trinajstić information content (AvgIpc) is 3.49. The maximum Gasteiger partial charge on any atom is 0.135 e. The Morgan fingerprint density at radius 3 is 2.22 bits per heavy atom. The highest BCUT2D eigenvalue weighted by Crippen LogP contribution is 2.54. The van der Waals surface area contributed by atoms with Crippen molar-refractivity contribution in [3.63, 3.8) is 0 Å². The lowest BCUT2D eigenvalue weighted by Crippen LogP contribution is -1.79. The zero-order valence-corrected chi connectivity index (χ0v) is 17.9. The van der Waals surface area contributed by atoms with Crippen LogP contribution in [0.5, 0.6) is 0 Å². The van der Waals surface area contributed by atoms with E-state index < -0.39 is 0 Å². The van der Waals surface area contributed by atoms with Gasteiger partial charge in [0.15, 0.2) is 0 Å². The Hall–Kier alpha value is -3.88. The molecule has 2 heterocycles. The third-order valence-corrected chi connectivity index (χ3v) is 8.02. The van der Waals surface area contributed by atoms with Gasteiger partial charge in [0.1, 0.15) is 11.2 Å². The van der Waals surface area contributed by atoms with Crippen LogP contribution < -0.4 is 0 Å². The van der Waals surface area contributed by atoms with E-state index in [1.807, 2.05) is 23.5 Å². The van der Waals surface area contributed by atoms with Gasteiger partial charge in [-0.2, -0.15) is 0 Å². The molecule has 2 heteroatoms. The lowest BCUT2D eigenvalue weighted by atomic mass is 9.98. The molecule has 0 saturated carbocycles. The molecular formula is C30H16OS. The number of hydrogen-bond acceptors (Lipinski definition) is 2. The maximum absolute atomic E-state index is 6.03. The van der Waals surface area contributed by atoms with Gasteiger partial charge in [-0.05, 0) is 57.8 Å². The van der Waals surface area contributed by atoms with Crippen molar-refractivity contribution in [2.75, 3.05) is 0 Å². The molecule has 0 radical (unpaired) electrons. The molecule has 0 amide bonds. The van der Waals surface area contributed by atoms with Crippen LogP contribution >= 0.6 is 11.3 Å². The second-order valence-electron chi connectivity index (χ2n) is 8.54. The molecule has 1 aliphatic rings. The number of hydrogen-bond donors (Lipinski definition) is 0. The summed E-state index contributed by atoms with van der Waals surface area (Å²) in [5.41, 5.74) is 8.49. The number of furan rings is 1. The second kappa shape index (κ2) is 5.87. The normalized spacial score (nSPS) is 12.4. The van der Waals surface area contributed by atoms with Crippen molar-refractivity contribution < 1.29 is 4.42 Å². The van der Waals surface area contributed by atoms with Gasteiger partial charge >= 0.3 is 0 Å². The third kappa shape index (κ3) is 2.08. The van der Waals surface area contributed by atoms with Crippen molar-refractivity contribution in [3.8, 4) is 32.7 Å². The van der Waals surface area contributed by atoms with E-state index >= 15 is 0 Å². The number of fused-ring (bicyclic) bond motifs is 8. The van der Waals surface area contributed by atoms with Crippen molar-refractivity contribution in [2.45, 2.75) is 0 Å². The first kappa shape index (κ1) is 16.8. The van der Waals surface area contributed by atoms with Crippen LogP contribution in [0, 0.1) is 0 Å². The predicted molar refractivity (Wildman–Crippen MR) is 136 cm³/mol. The summed E-state index contributed by atoms with van der Waals surface area (Å²) in [5, 5.41) is 6.41. The van der Waals surface area contributed by atoms with Gasteiger partial charge in [-0.3, -0.25) is 0 Å². The minimum Gasteiger partial charge on any atom is -0.456 e. The van der Waals surface area contributed by atoms with Crippen LogP contribution in [0.25, 0.3) is 75.5 Å². The summed E-state index contributed by atoms with van der Waals surface area (Å²) in [6.07, 6.45) is 0. The zero-order chi connectivity index (χ0) is 20.8. The lowest BCUT2D eigenvalue weighted by Gasteiger charge is -2.05. The molecule has 0 atom stereocenters. The molecule has 148 valence electrons. The molecule has 32 heavy (non-hydrogen) atoms. The standard InChI is InChI=1S/C30H16OS/c1-2-10-25-20(7-1)23-15-18(11-13-26(23)31-25)19-12-14-27-24(16-19)29-21-8-3-5-17-6-4-9-22(28(17)21)30(29)32-27/h1-16H. The van der Waals surface area contributed by atoms with Crippen LogP contribution in [0.4, 0.5) is 0 Å². The van der Waals surface area contributed by atoms with E-state index in [0.29, 0.717) is 0 Å². The average molecular weight is 425 g/mol. The molecule has 7 aromatic rings. The quantitative estimate of drug-likeness (QED) is 0.256. The third-order valence-electron chi connectivity index (χ3n) is 6.82. The Kier molecular flexibility index (Phi) is 3.08. The van der Waals surface area contributed by atoms with Crippen molar-refractivity contribution >= 4 is 54.1 Å². The molecule has 0 bridgehead atoms. The Morgan fingerprint density at radius 2 is 1.31 bits per heavy atom. The number of benzene rings is 5. The van der Waals surface area contributed by atoms with E-state index in [1.54, 1.807) is 0 Å². The van der Waals surface area contributed by atoms with Crippen LogP contribution in [0.15, 0.2) is 101 Å². The molecular weight excluding hydrogens is 408 g/mol. The number of thiophene rings is 1. The molecule has 0 fully saturated rings. The highest BCUT2D eigenvalue weighted by atomic mass is 32.1. The van der Waals surface area contributed by atoms with Gasteiger partial charge < -0.3 is 4.42 Å². The molecule has 1 nitrogen and oxygen atoms in total. The van der Waals surface area contributed by atoms with Crippen LogP contribution in [-0.2, 0) is 0 Å². The lowest BCUT2D eigenvalue weighted by molar-refractivity contribution is 0.669. The van der Waals surface area contributed by atoms with Crippen LogP contribution in [0.3, 0.4) is 0 Å². The first-order valence-corrected chi connectivity index (χ1v) is 11.7. The van der Waals surface area contributed by atoms with Crippen LogP contribution in [0.2, 0.25) is 0 Å². The smallest absolute Gasteiger partial charge is 0.135 e. The summed E-state index contributed by atoms with van der Waals surface area (Å²) in [4.78, 5) is 1.40. The minimum absolute atomic E-state index is 0.939. The second-order valence-corrected chi connectivity index (χ2v) is 9.59. The van der Waals surface area contributed by atoms with E-state index in [2.05, 4.69) is 84.9 Å². The molecule has 0 N–H and O–H groups in total. The Morgan fingerprint density at radius 1 is 0.562 bits per heavy atom. The fourth-order valence-electron chi connectivity index (χ4n) is 5.38. The summed E-state index contributed by atoms with van der Waals surface area (Å²) in [6.45, 7) is 0. The van der Waals surface area contributed by atoms with Gasteiger partial charge in [0.25, 0.3) is 0 Å². The molecule has 0 spiro atoms. The number of para-hydroxylation sites is 1. The summed E-state index contributed by atoms with van der Waals surface area (Å²) < 4.78 is 7.38.